The number of hydrogen-bond acceptors (Lipinski definition) is 5. The molecule has 1 saturated heterocycles. The number of carbonyl (C=O) groups excluding carboxylic acids is 2. The van der Waals surface area contributed by atoms with E-state index in [0.29, 0.717) is 31.8 Å². The maximum absolute atomic E-state index is 13.1. The number of fused-ring (bicyclic) bond motifs is 1. The number of anilines is 1. The summed E-state index contributed by atoms with van der Waals surface area (Å²) >= 11 is 0. The topological polar surface area (TPSA) is 104 Å². The van der Waals surface area contributed by atoms with E-state index in [4.69, 9.17) is 4.52 Å². The van der Waals surface area contributed by atoms with E-state index in [-0.39, 0.29) is 23.8 Å². The minimum atomic E-state index is -0.438. The van der Waals surface area contributed by atoms with Gasteiger partial charge in [0.15, 0.2) is 0 Å². The van der Waals surface area contributed by atoms with Gasteiger partial charge in [-0.05, 0) is 44.7 Å². The van der Waals surface area contributed by atoms with Crippen molar-refractivity contribution in [1.82, 2.24) is 19.5 Å². The van der Waals surface area contributed by atoms with Gasteiger partial charge in [0.2, 0.25) is 11.8 Å². The smallest absolute Gasteiger partial charge is 0.280 e. The Morgan fingerprint density at radius 1 is 1.19 bits per heavy atom. The Morgan fingerprint density at radius 3 is 2.69 bits per heavy atom. The molecular formula is C23H29N5O4. The Balaban J connectivity index is 1.42. The van der Waals surface area contributed by atoms with Crippen molar-refractivity contribution < 1.29 is 14.1 Å². The first-order chi connectivity index (χ1) is 15.2. The molecule has 0 unspecified atom stereocenters. The maximum atomic E-state index is 13.1. The standard InChI is InChI=1S/C23H29N5O4/c1-14-15(2)27(4)19-7-5-16(11-18(14)19)24-23(31)20-13-28(10-9-26(20)3)22(30)8-6-17-12-21(29)25-32-17/h5,7,11-12,20H,6,8-10,13H2,1-4H3,(H,24,31)(H,25,29)/t20-/m1/s1. The molecule has 4 rings (SSSR count). The Kier molecular flexibility index (Phi) is 5.92. The van der Waals surface area contributed by atoms with Crippen molar-refractivity contribution in [2.24, 2.45) is 7.05 Å². The van der Waals surface area contributed by atoms with Crippen LogP contribution in [0.1, 0.15) is 23.4 Å². The average Bonchev–Trinajstić information content (AvgIpc) is 3.29. The van der Waals surface area contributed by atoms with Crippen LogP contribution in [0.3, 0.4) is 0 Å². The summed E-state index contributed by atoms with van der Waals surface area (Å²) in [6, 6.07) is 6.85. The van der Waals surface area contributed by atoms with Gasteiger partial charge in [0.05, 0.1) is 0 Å². The number of nitrogens with one attached hydrogen (secondary N) is 2. The van der Waals surface area contributed by atoms with E-state index >= 15 is 0 Å². The molecule has 1 aliphatic rings. The summed E-state index contributed by atoms with van der Waals surface area (Å²) < 4.78 is 7.16. The molecule has 1 atom stereocenters. The van der Waals surface area contributed by atoms with Gasteiger partial charge >= 0.3 is 0 Å². The number of aromatic nitrogens is 2. The third-order valence-electron chi connectivity index (χ3n) is 6.54. The quantitative estimate of drug-likeness (QED) is 0.631. The van der Waals surface area contributed by atoms with Crippen molar-refractivity contribution in [2.75, 3.05) is 32.0 Å². The number of benzene rings is 1. The molecule has 0 aliphatic carbocycles. The lowest BCUT2D eigenvalue weighted by atomic mass is 10.1. The molecule has 1 fully saturated rings. The van der Waals surface area contributed by atoms with Crippen LogP contribution in [0, 0.1) is 13.8 Å². The summed E-state index contributed by atoms with van der Waals surface area (Å²) in [6.45, 7) is 5.66. The first-order valence-electron chi connectivity index (χ1n) is 10.8. The molecule has 0 radical (unpaired) electrons. The number of rotatable bonds is 5. The van der Waals surface area contributed by atoms with Crippen LogP contribution in [0.5, 0.6) is 0 Å². The number of H-pyrrole nitrogens is 1. The monoisotopic (exact) mass is 439 g/mol. The second-order valence-corrected chi connectivity index (χ2v) is 8.51. The van der Waals surface area contributed by atoms with E-state index in [9.17, 15) is 14.4 Å². The van der Waals surface area contributed by atoms with Crippen molar-refractivity contribution in [3.8, 4) is 0 Å². The molecule has 0 bridgehead atoms. The molecular weight excluding hydrogens is 410 g/mol. The Morgan fingerprint density at radius 2 is 1.97 bits per heavy atom. The first kappa shape index (κ1) is 21.9. The highest BCUT2D eigenvalue weighted by Crippen LogP contribution is 2.27. The summed E-state index contributed by atoms with van der Waals surface area (Å²) in [5.74, 6) is 0.261. The fraction of sp³-hybridized carbons (Fsp3) is 0.435. The van der Waals surface area contributed by atoms with Crippen molar-refractivity contribution in [2.45, 2.75) is 32.7 Å². The Labute approximate surface area is 185 Å². The molecule has 9 heteroatoms. The van der Waals surface area contributed by atoms with Crippen LogP contribution in [0.2, 0.25) is 0 Å². The van der Waals surface area contributed by atoms with Gasteiger partial charge in [-0.15, -0.1) is 0 Å². The zero-order chi connectivity index (χ0) is 23.0. The predicted molar refractivity (Wildman–Crippen MR) is 122 cm³/mol. The molecule has 1 aliphatic heterocycles. The highest BCUT2D eigenvalue weighted by atomic mass is 16.5. The third-order valence-corrected chi connectivity index (χ3v) is 6.54. The van der Waals surface area contributed by atoms with Gasteiger partial charge in [0.25, 0.3) is 5.56 Å². The number of aryl methyl sites for hydroxylation is 3. The first-order valence-corrected chi connectivity index (χ1v) is 10.8. The van der Waals surface area contributed by atoms with Crippen LogP contribution in [-0.2, 0) is 23.1 Å². The average molecular weight is 440 g/mol. The van der Waals surface area contributed by atoms with Crippen LogP contribution in [0.4, 0.5) is 5.69 Å². The van der Waals surface area contributed by atoms with E-state index < -0.39 is 6.04 Å². The molecule has 0 spiro atoms. The van der Waals surface area contributed by atoms with Gasteiger partial charge in [-0.2, -0.15) is 5.16 Å². The molecule has 3 aromatic rings. The van der Waals surface area contributed by atoms with Gasteiger partial charge in [0.1, 0.15) is 11.8 Å². The van der Waals surface area contributed by atoms with E-state index in [0.717, 1.165) is 16.6 Å². The number of aromatic amines is 1. The molecule has 2 amide bonds. The van der Waals surface area contributed by atoms with Gasteiger partial charge < -0.3 is 19.3 Å². The second-order valence-electron chi connectivity index (χ2n) is 8.51. The van der Waals surface area contributed by atoms with Crippen molar-refractivity contribution in [1.29, 1.82) is 0 Å². The zero-order valence-corrected chi connectivity index (χ0v) is 18.9. The fourth-order valence-electron chi connectivity index (χ4n) is 4.28. The molecule has 2 N–H and O–H groups in total. The molecule has 9 nitrogen and oxygen atoms in total. The second kappa shape index (κ2) is 8.66. The number of piperazine rings is 1. The molecule has 2 aromatic heterocycles. The largest absolute Gasteiger partial charge is 0.384 e. The zero-order valence-electron chi connectivity index (χ0n) is 18.9. The number of carbonyl (C=O) groups is 2. The number of amides is 2. The lowest BCUT2D eigenvalue weighted by Gasteiger charge is -2.38. The van der Waals surface area contributed by atoms with Gasteiger partial charge in [0, 0.05) is 67.9 Å². The summed E-state index contributed by atoms with van der Waals surface area (Å²) in [7, 11) is 3.93. The van der Waals surface area contributed by atoms with Crippen LogP contribution < -0.4 is 10.9 Å². The molecule has 1 aromatic carbocycles. The maximum Gasteiger partial charge on any atom is 0.280 e. The summed E-state index contributed by atoms with van der Waals surface area (Å²) in [4.78, 5) is 40.6. The molecule has 170 valence electrons. The van der Waals surface area contributed by atoms with Crippen molar-refractivity contribution in [3.63, 3.8) is 0 Å². The SMILES string of the molecule is Cc1c(C)n(C)c2ccc(NC(=O)[C@H]3CN(C(=O)CCc4cc(=O)[nH]o4)CCN3C)cc12. The summed E-state index contributed by atoms with van der Waals surface area (Å²) in [5.41, 5.74) is 3.95. The third kappa shape index (κ3) is 4.20. The van der Waals surface area contributed by atoms with Crippen LogP contribution in [0.15, 0.2) is 33.6 Å². The van der Waals surface area contributed by atoms with E-state index in [1.165, 1.54) is 17.3 Å². The van der Waals surface area contributed by atoms with Crippen molar-refractivity contribution in [3.05, 3.63) is 51.6 Å². The molecule has 32 heavy (non-hydrogen) atoms. The number of hydrogen-bond donors (Lipinski definition) is 2. The number of nitrogens with zero attached hydrogens (tertiary/aromatic N) is 3. The van der Waals surface area contributed by atoms with E-state index in [1.807, 2.05) is 37.2 Å². The molecule has 3 heterocycles. The van der Waals surface area contributed by atoms with Crippen LogP contribution >= 0.6 is 0 Å². The highest BCUT2D eigenvalue weighted by Gasteiger charge is 2.32. The van der Waals surface area contributed by atoms with Gasteiger partial charge in [-0.25, -0.2) is 0 Å². The lowest BCUT2D eigenvalue weighted by Crippen LogP contribution is -2.57. The fourth-order valence-corrected chi connectivity index (χ4v) is 4.28. The molecule has 0 saturated carbocycles. The van der Waals surface area contributed by atoms with E-state index in [2.05, 4.69) is 28.9 Å². The van der Waals surface area contributed by atoms with E-state index in [1.54, 1.807) is 4.90 Å². The van der Waals surface area contributed by atoms with Crippen LogP contribution in [0.25, 0.3) is 10.9 Å². The highest BCUT2D eigenvalue weighted by molar-refractivity contribution is 5.98. The lowest BCUT2D eigenvalue weighted by molar-refractivity contribution is -0.136. The normalized spacial score (nSPS) is 17.1. The summed E-state index contributed by atoms with van der Waals surface area (Å²) in [6.07, 6.45) is 0.568. The predicted octanol–water partition coefficient (Wildman–Crippen LogP) is 1.79. The van der Waals surface area contributed by atoms with Gasteiger partial charge in [-0.1, -0.05) is 0 Å². The summed E-state index contributed by atoms with van der Waals surface area (Å²) in [5, 5.41) is 6.37. The van der Waals surface area contributed by atoms with Crippen LogP contribution in [-0.4, -0.2) is 64.1 Å². The minimum Gasteiger partial charge on any atom is -0.384 e. The Hall–Kier alpha value is -3.33. The van der Waals surface area contributed by atoms with Crippen molar-refractivity contribution >= 4 is 28.4 Å². The van der Waals surface area contributed by atoms with Gasteiger partial charge in [-0.3, -0.25) is 19.3 Å². The minimum absolute atomic E-state index is 0.0587. The number of likely N-dealkylation sites (N-methyl/N-ethyl adjacent to an activating group) is 1. The Bertz CT molecular complexity index is 1220.